The van der Waals surface area contributed by atoms with E-state index < -0.39 is 0 Å². The van der Waals surface area contributed by atoms with Crippen molar-refractivity contribution >= 4 is 5.91 Å². The van der Waals surface area contributed by atoms with Crippen molar-refractivity contribution in [3.63, 3.8) is 0 Å². The molecule has 2 aliphatic rings. The van der Waals surface area contributed by atoms with Gasteiger partial charge in [0.1, 0.15) is 0 Å². The lowest BCUT2D eigenvalue weighted by molar-refractivity contribution is -0.0618. The van der Waals surface area contributed by atoms with Crippen LogP contribution in [-0.2, 0) is 10.3 Å². The molecule has 128 valence electrons. The third-order valence-electron chi connectivity index (χ3n) is 5.13. The second kappa shape index (κ2) is 6.27. The molecular formula is C18H29N3O2. The van der Waals surface area contributed by atoms with E-state index in [9.17, 15) is 4.79 Å². The van der Waals surface area contributed by atoms with Crippen molar-refractivity contribution in [2.45, 2.75) is 83.0 Å². The molecule has 0 radical (unpaired) electrons. The highest BCUT2D eigenvalue weighted by Crippen LogP contribution is 2.41. The lowest BCUT2D eigenvalue weighted by Gasteiger charge is -2.33. The van der Waals surface area contributed by atoms with E-state index in [-0.39, 0.29) is 23.2 Å². The maximum absolute atomic E-state index is 12.3. The van der Waals surface area contributed by atoms with Gasteiger partial charge in [0.25, 0.3) is 5.91 Å². The minimum atomic E-state index is -0.111. The zero-order valence-electron chi connectivity index (χ0n) is 14.6. The summed E-state index contributed by atoms with van der Waals surface area (Å²) >= 11 is 0. The van der Waals surface area contributed by atoms with Gasteiger partial charge in [0.05, 0.1) is 29.0 Å². The molecule has 23 heavy (non-hydrogen) atoms. The minimum Gasteiger partial charge on any atom is -0.370 e. The fourth-order valence-electron chi connectivity index (χ4n) is 3.72. The molecule has 0 unspecified atom stereocenters. The number of rotatable bonds is 3. The first-order valence-corrected chi connectivity index (χ1v) is 8.89. The van der Waals surface area contributed by atoms with Gasteiger partial charge >= 0.3 is 0 Å². The van der Waals surface area contributed by atoms with Crippen LogP contribution in [-0.4, -0.2) is 33.9 Å². The van der Waals surface area contributed by atoms with E-state index in [1.807, 2.05) is 10.9 Å². The number of ether oxygens (including phenoxy) is 1. The molecule has 3 rings (SSSR count). The van der Waals surface area contributed by atoms with Gasteiger partial charge in [0.2, 0.25) is 0 Å². The first kappa shape index (κ1) is 16.5. The Bertz CT molecular complexity index is 553. The summed E-state index contributed by atoms with van der Waals surface area (Å²) < 4.78 is 8.12. The van der Waals surface area contributed by atoms with Crippen LogP contribution in [0.5, 0.6) is 0 Å². The average molecular weight is 319 g/mol. The van der Waals surface area contributed by atoms with Crippen LogP contribution in [0.4, 0.5) is 0 Å². The lowest BCUT2D eigenvalue weighted by atomic mass is 9.83. The third kappa shape index (κ3) is 3.77. The van der Waals surface area contributed by atoms with Crippen LogP contribution in [0.15, 0.2) is 12.4 Å². The van der Waals surface area contributed by atoms with Gasteiger partial charge in [0.15, 0.2) is 0 Å². The molecular weight excluding hydrogens is 290 g/mol. The Morgan fingerprint density at radius 3 is 2.74 bits per heavy atom. The number of nitrogens with zero attached hydrogens (tertiary/aromatic N) is 2. The second-order valence-corrected chi connectivity index (χ2v) is 8.08. The van der Waals surface area contributed by atoms with Crippen LogP contribution in [0.3, 0.4) is 0 Å². The lowest BCUT2D eigenvalue weighted by Crippen LogP contribution is -2.36. The molecule has 1 spiro atoms. The molecule has 5 nitrogen and oxygen atoms in total. The van der Waals surface area contributed by atoms with Crippen LogP contribution in [0, 0.1) is 0 Å². The van der Waals surface area contributed by atoms with Crippen molar-refractivity contribution in [3.05, 3.63) is 18.0 Å². The van der Waals surface area contributed by atoms with E-state index in [0.717, 1.165) is 12.8 Å². The summed E-state index contributed by atoms with van der Waals surface area (Å²) in [6.07, 6.45) is 12.1. The minimum absolute atomic E-state index is 0.0614. The van der Waals surface area contributed by atoms with Gasteiger partial charge in [-0.25, -0.2) is 0 Å². The summed E-state index contributed by atoms with van der Waals surface area (Å²) in [6, 6.07) is 0. The largest absolute Gasteiger partial charge is 0.370 e. The molecule has 1 aromatic heterocycles. The molecule has 0 bridgehead atoms. The molecule has 1 saturated heterocycles. The maximum Gasteiger partial charge on any atom is 0.254 e. The van der Waals surface area contributed by atoms with Crippen LogP contribution >= 0.6 is 0 Å². The standard InChI is InChI=1S/C18H29N3O2/c1-17(2,3)21-13-14(11-20-21)16(22)19-12-15-7-10-18(23-15)8-5-4-6-9-18/h11,13,15H,4-10,12H2,1-3H3,(H,19,22)/t15-/m0/s1. The molecule has 1 atom stereocenters. The summed E-state index contributed by atoms with van der Waals surface area (Å²) in [5, 5.41) is 7.29. The average Bonchev–Trinajstić information content (AvgIpc) is 3.13. The highest BCUT2D eigenvalue weighted by Gasteiger charge is 2.40. The molecule has 1 aliphatic carbocycles. The number of hydrogen-bond acceptors (Lipinski definition) is 3. The molecule has 1 saturated carbocycles. The van der Waals surface area contributed by atoms with Crippen molar-refractivity contribution in [1.29, 1.82) is 0 Å². The molecule has 5 heteroatoms. The number of carbonyl (C=O) groups excluding carboxylic acids is 1. The van der Waals surface area contributed by atoms with Gasteiger partial charge in [-0.3, -0.25) is 9.48 Å². The number of hydrogen-bond donors (Lipinski definition) is 1. The normalized spacial score (nSPS) is 24.0. The molecule has 2 fully saturated rings. The molecule has 2 heterocycles. The third-order valence-corrected chi connectivity index (χ3v) is 5.13. The van der Waals surface area contributed by atoms with E-state index in [2.05, 4.69) is 31.2 Å². The highest BCUT2D eigenvalue weighted by atomic mass is 16.5. The van der Waals surface area contributed by atoms with Crippen LogP contribution in [0.2, 0.25) is 0 Å². The summed E-state index contributed by atoms with van der Waals surface area (Å²) in [7, 11) is 0. The summed E-state index contributed by atoms with van der Waals surface area (Å²) in [4.78, 5) is 12.3. The van der Waals surface area contributed by atoms with Gasteiger partial charge in [-0.1, -0.05) is 19.3 Å². The Balaban J connectivity index is 1.51. The van der Waals surface area contributed by atoms with E-state index in [0.29, 0.717) is 12.1 Å². The van der Waals surface area contributed by atoms with Crippen molar-refractivity contribution in [3.8, 4) is 0 Å². The maximum atomic E-state index is 12.3. The van der Waals surface area contributed by atoms with Crippen LogP contribution < -0.4 is 5.32 Å². The van der Waals surface area contributed by atoms with Gasteiger partial charge < -0.3 is 10.1 Å². The molecule has 1 N–H and O–H groups in total. The smallest absolute Gasteiger partial charge is 0.254 e. The number of carbonyl (C=O) groups is 1. The van der Waals surface area contributed by atoms with Gasteiger partial charge in [0, 0.05) is 12.7 Å². The quantitative estimate of drug-likeness (QED) is 0.930. The Labute approximate surface area is 138 Å². The van der Waals surface area contributed by atoms with Crippen molar-refractivity contribution in [2.24, 2.45) is 0 Å². The molecule has 1 aromatic rings. The summed E-state index contributed by atoms with van der Waals surface area (Å²) in [5.41, 5.74) is 0.621. The van der Waals surface area contributed by atoms with Gasteiger partial charge in [-0.05, 0) is 46.5 Å². The van der Waals surface area contributed by atoms with E-state index >= 15 is 0 Å². The number of amides is 1. The van der Waals surface area contributed by atoms with E-state index in [4.69, 9.17) is 4.74 Å². The Morgan fingerprint density at radius 1 is 1.35 bits per heavy atom. The van der Waals surface area contributed by atoms with E-state index in [1.165, 1.54) is 32.1 Å². The molecule has 1 amide bonds. The second-order valence-electron chi connectivity index (χ2n) is 8.08. The van der Waals surface area contributed by atoms with Gasteiger partial charge in [-0.2, -0.15) is 5.10 Å². The predicted molar refractivity (Wildman–Crippen MR) is 89.5 cm³/mol. The Kier molecular flexibility index (Phi) is 4.50. The summed E-state index contributed by atoms with van der Waals surface area (Å²) in [6.45, 7) is 6.80. The predicted octanol–water partition coefficient (Wildman–Crippen LogP) is 3.25. The zero-order valence-corrected chi connectivity index (χ0v) is 14.6. The monoisotopic (exact) mass is 319 g/mol. The highest BCUT2D eigenvalue weighted by molar-refractivity contribution is 5.93. The zero-order chi connectivity index (χ0) is 16.5. The summed E-state index contributed by atoms with van der Waals surface area (Å²) in [5.74, 6) is -0.0614. The first-order valence-electron chi connectivity index (χ1n) is 8.89. The fraction of sp³-hybridized carbons (Fsp3) is 0.778. The van der Waals surface area contributed by atoms with E-state index in [1.54, 1.807) is 6.20 Å². The number of nitrogens with one attached hydrogen (secondary N) is 1. The molecule has 0 aromatic carbocycles. The Morgan fingerprint density at radius 2 is 2.09 bits per heavy atom. The van der Waals surface area contributed by atoms with Crippen molar-refractivity contribution in [2.75, 3.05) is 6.54 Å². The number of aromatic nitrogens is 2. The Hall–Kier alpha value is -1.36. The topological polar surface area (TPSA) is 56.2 Å². The van der Waals surface area contributed by atoms with Crippen molar-refractivity contribution < 1.29 is 9.53 Å². The molecule has 1 aliphatic heterocycles. The van der Waals surface area contributed by atoms with Crippen molar-refractivity contribution in [1.82, 2.24) is 15.1 Å². The SMILES string of the molecule is CC(C)(C)n1cc(C(=O)NC[C@@H]2CCC3(CCCCC3)O2)cn1. The van der Waals surface area contributed by atoms with Crippen LogP contribution in [0.25, 0.3) is 0 Å². The first-order chi connectivity index (χ1) is 10.9. The van der Waals surface area contributed by atoms with Gasteiger partial charge in [-0.15, -0.1) is 0 Å². The fourth-order valence-corrected chi connectivity index (χ4v) is 3.72. The van der Waals surface area contributed by atoms with Crippen LogP contribution in [0.1, 0.15) is 76.1 Å².